The molecule has 66 valence electrons. The Kier molecular flexibility index (Phi) is 5.34. The van der Waals surface area contributed by atoms with E-state index in [1.165, 1.54) is 0 Å². The van der Waals surface area contributed by atoms with Gasteiger partial charge in [0.05, 0.1) is 0 Å². The van der Waals surface area contributed by atoms with Crippen LogP contribution in [-0.2, 0) is 0 Å². The Morgan fingerprint density at radius 3 is 2.92 bits per heavy atom. The minimum atomic E-state index is 0. The number of aromatic nitrogens is 1. The third-order valence-electron chi connectivity index (χ3n) is 1.53. The van der Waals surface area contributed by atoms with Gasteiger partial charge in [0.2, 0.25) is 0 Å². The van der Waals surface area contributed by atoms with Crippen molar-refractivity contribution in [1.29, 1.82) is 0 Å². The van der Waals surface area contributed by atoms with Crippen LogP contribution in [0.2, 0.25) is 0 Å². The molecule has 0 fully saturated rings. The minimum Gasteiger partial charge on any atom is -0.324 e. The van der Waals surface area contributed by atoms with E-state index in [0.29, 0.717) is 0 Å². The molecule has 0 aromatic carbocycles. The second kappa shape index (κ2) is 5.75. The van der Waals surface area contributed by atoms with Gasteiger partial charge in [0.1, 0.15) is 0 Å². The summed E-state index contributed by atoms with van der Waals surface area (Å²) in [5.41, 5.74) is 6.86. The topological polar surface area (TPSA) is 38.9 Å². The Morgan fingerprint density at radius 2 is 2.42 bits per heavy atom. The summed E-state index contributed by atoms with van der Waals surface area (Å²) in [6.07, 6.45) is 6.14. The fraction of sp³-hybridized carbons (Fsp3) is 0.222. The van der Waals surface area contributed by atoms with E-state index in [2.05, 4.69) is 11.6 Å². The van der Waals surface area contributed by atoms with Crippen molar-refractivity contribution < 1.29 is 0 Å². The van der Waals surface area contributed by atoms with E-state index in [0.717, 1.165) is 12.0 Å². The van der Waals surface area contributed by atoms with Crippen molar-refractivity contribution in [2.75, 3.05) is 0 Å². The molecular formula is C9H13ClN2. The predicted molar refractivity (Wildman–Crippen MR) is 53.2 cm³/mol. The molecule has 2 N–H and O–H groups in total. The number of nitrogens with zero attached hydrogens (tertiary/aromatic N) is 1. The first-order chi connectivity index (χ1) is 5.34. The molecule has 0 aliphatic heterocycles. The fourth-order valence-electron chi connectivity index (χ4n) is 0.911. The van der Waals surface area contributed by atoms with Gasteiger partial charge in [-0.1, -0.05) is 12.1 Å². The number of hydrogen-bond donors (Lipinski definition) is 1. The third kappa shape index (κ3) is 3.03. The molecule has 1 atom stereocenters. The van der Waals surface area contributed by atoms with Crippen LogP contribution in [0.15, 0.2) is 37.2 Å². The molecule has 1 aromatic heterocycles. The summed E-state index contributed by atoms with van der Waals surface area (Å²) < 4.78 is 0. The number of nitrogens with two attached hydrogens (primary N) is 1. The molecule has 0 radical (unpaired) electrons. The molecule has 0 saturated heterocycles. The first-order valence-electron chi connectivity index (χ1n) is 3.61. The second-order valence-electron chi connectivity index (χ2n) is 2.42. The summed E-state index contributed by atoms with van der Waals surface area (Å²) in [4.78, 5) is 3.97. The third-order valence-corrected chi connectivity index (χ3v) is 1.53. The summed E-state index contributed by atoms with van der Waals surface area (Å²) in [7, 11) is 0. The van der Waals surface area contributed by atoms with Crippen LogP contribution < -0.4 is 5.73 Å². The van der Waals surface area contributed by atoms with Gasteiger partial charge in [-0.2, -0.15) is 0 Å². The van der Waals surface area contributed by atoms with Gasteiger partial charge in [0, 0.05) is 18.4 Å². The first-order valence-corrected chi connectivity index (χ1v) is 3.61. The average Bonchev–Trinajstić information content (AvgIpc) is 2.07. The number of rotatable bonds is 3. The van der Waals surface area contributed by atoms with Gasteiger partial charge < -0.3 is 5.73 Å². The van der Waals surface area contributed by atoms with Crippen LogP contribution in [0.4, 0.5) is 0 Å². The maximum Gasteiger partial charge on any atom is 0.0345 e. The zero-order chi connectivity index (χ0) is 8.10. The number of halogens is 1. The van der Waals surface area contributed by atoms with E-state index in [1.807, 2.05) is 18.2 Å². The van der Waals surface area contributed by atoms with Crippen molar-refractivity contribution in [2.45, 2.75) is 12.5 Å². The lowest BCUT2D eigenvalue weighted by molar-refractivity contribution is 0.737. The smallest absolute Gasteiger partial charge is 0.0345 e. The zero-order valence-corrected chi connectivity index (χ0v) is 7.63. The molecule has 1 rings (SSSR count). The van der Waals surface area contributed by atoms with E-state index >= 15 is 0 Å². The summed E-state index contributed by atoms with van der Waals surface area (Å²) in [5.74, 6) is 0. The molecule has 1 aromatic rings. The quantitative estimate of drug-likeness (QED) is 0.731. The van der Waals surface area contributed by atoms with E-state index < -0.39 is 0 Å². The van der Waals surface area contributed by atoms with Crippen LogP contribution in [0.5, 0.6) is 0 Å². The molecule has 3 heteroatoms. The van der Waals surface area contributed by atoms with Gasteiger partial charge in [0.15, 0.2) is 0 Å². The lowest BCUT2D eigenvalue weighted by atomic mass is 10.1. The SMILES string of the molecule is C=CC[C@H](N)c1cccnc1.Cl. The lowest BCUT2D eigenvalue weighted by Crippen LogP contribution is -2.08. The van der Waals surface area contributed by atoms with E-state index in [9.17, 15) is 0 Å². The Bertz CT molecular complexity index is 223. The van der Waals surface area contributed by atoms with Crippen molar-refractivity contribution in [1.82, 2.24) is 4.98 Å². The maximum atomic E-state index is 5.79. The normalized spacial score (nSPS) is 11.4. The molecule has 0 bridgehead atoms. The molecule has 2 nitrogen and oxygen atoms in total. The first kappa shape index (κ1) is 11.1. The largest absolute Gasteiger partial charge is 0.324 e. The van der Waals surface area contributed by atoms with Crippen molar-refractivity contribution in [3.05, 3.63) is 42.7 Å². The highest BCUT2D eigenvalue weighted by atomic mass is 35.5. The van der Waals surface area contributed by atoms with E-state index in [-0.39, 0.29) is 18.4 Å². The molecule has 0 unspecified atom stereocenters. The Balaban J connectivity index is 0.00000121. The summed E-state index contributed by atoms with van der Waals surface area (Å²) >= 11 is 0. The van der Waals surface area contributed by atoms with Crippen molar-refractivity contribution in [2.24, 2.45) is 5.73 Å². The summed E-state index contributed by atoms with van der Waals surface area (Å²) in [5, 5.41) is 0. The minimum absolute atomic E-state index is 0. The Hall–Kier alpha value is -0.860. The van der Waals surface area contributed by atoms with Gasteiger partial charge in [-0.05, 0) is 18.1 Å². The Morgan fingerprint density at radius 1 is 1.67 bits per heavy atom. The summed E-state index contributed by atoms with van der Waals surface area (Å²) in [6.45, 7) is 3.63. The molecule has 0 aliphatic carbocycles. The molecule has 0 saturated carbocycles. The maximum absolute atomic E-state index is 5.79. The lowest BCUT2D eigenvalue weighted by Gasteiger charge is -2.06. The highest BCUT2D eigenvalue weighted by Gasteiger charge is 2.01. The van der Waals surface area contributed by atoms with Crippen LogP contribution in [0, 0.1) is 0 Å². The number of hydrogen-bond acceptors (Lipinski definition) is 2. The van der Waals surface area contributed by atoms with Crippen LogP contribution in [0.3, 0.4) is 0 Å². The van der Waals surface area contributed by atoms with Crippen molar-refractivity contribution in [3.63, 3.8) is 0 Å². The molecular weight excluding hydrogens is 172 g/mol. The standard InChI is InChI=1S/C9H12N2.ClH/c1-2-4-9(10)8-5-3-6-11-7-8;/h2-3,5-7,9H,1,4,10H2;1H/t9-;/m0./s1. The zero-order valence-electron chi connectivity index (χ0n) is 6.81. The average molecular weight is 185 g/mol. The monoisotopic (exact) mass is 184 g/mol. The molecule has 1 heterocycles. The van der Waals surface area contributed by atoms with Crippen LogP contribution in [0.25, 0.3) is 0 Å². The Labute approximate surface area is 78.9 Å². The van der Waals surface area contributed by atoms with E-state index in [4.69, 9.17) is 5.73 Å². The highest BCUT2D eigenvalue weighted by Crippen LogP contribution is 2.11. The van der Waals surface area contributed by atoms with E-state index in [1.54, 1.807) is 12.4 Å². The molecule has 0 spiro atoms. The summed E-state index contributed by atoms with van der Waals surface area (Å²) in [6, 6.07) is 3.90. The molecule has 0 amide bonds. The molecule has 0 aliphatic rings. The van der Waals surface area contributed by atoms with Gasteiger partial charge in [0.25, 0.3) is 0 Å². The van der Waals surface area contributed by atoms with Crippen LogP contribution in [-0.4, -0.2) is 4.98 Å². The fourth-order valence-corrected chi connectivity index (χ4v) is 0.911. The van der Waals surface area contributed by atoms with Gasteiger partial charge >= 0.3 is 0 Å². The van der Waals surface area contributed by atoms with Crippen molar-refractivity contribution >= 4 is 12.4 Å². The second-order valence-corrected chi connectivity index (χ2v) is 2.42. The van der Waals surface area contributed by atoms with Gasteiger partial charge in [-0.15, -0.1) is 19.0 Å². The number of pyridine rings is 1. The highest BCUT2D eigenvalue weighted by molar-refractivity contribution is 5.85. The van der Waals surface area contributed by atoms with Crippen LogP contribution in [0.1, 0.15) is 18.0 Å². The molecule has 12 heavy (non-hydrogen) atoms. The predicted octanol–water partition coefficient (Wildman–Crippen LogP) is 2.08. The van der Waals surface area contributed by atoms with Crippen LogP contribution >= 0.6 is 12.4 Å². The van der Waals surface area contributed by atoms with Gasteiger partial charge in [-0.3, -0.25) is 4.98 Å². The van der Waals surface area contributed by atoms with Crippen molar-refractivity contribution in [3.8, 4) is 0 Å². The van der Waals surface area contributed by atoms with Gasteiger partial charge in [-0.25, -0.2) is 0 Å².